The van der Waals surface area contributed by atoms with E-state index in [0.29, 0.717) is 0 Å². The predicted octanol–water partition coefficient (Wildman–Crippen LogP) is 17.2. The Morgan fingerprint density at radius 3 is 1.63 bits per heavy atom. The summed E-state index contributed by atoms with van der Waals surface area (Å²) in [7, 11) is 0. The molecule has 62 heavy (non-hydrogen) atoms. The number of rotatable bonds is 7. The molecule has 0 aliphatic rings. The fourth-order valence-corrected chi connectivity index (χ4v) is 9.66. The summed E-state index contributed by atoms with van der Waals surface area (Å²) in [6.45, 7) is 0. The molecule has 290 valence electrons. The predicted molar refractivity (Wildman–Crippen MR) is 263 cm³/mol. The molecule has 0 atom stereocenters. The summed E-state index contributed by atoms with van der Waals surface area (Å²) in [5.74, 6) is 0. The van der Waals surface area contributed by atoms with Crippen molar-refractivity contribution < 1.29 is 4.42 Å². The highest BCUT2D eigenvalue weighted by atomic mass is 16.3. The number of nitrogens with zero attached hydrogens (tertiary/aromatic N) is 1. The van der Waals surface area contributed by atoms with Crippen molar-refractivity contribution >= 4 is 71.3 Å². The van der Waals surface area contributed by atoms with Crippen LogP contribution in [-0.2, 0) is 0 Å². The SMILES string of the molecule is c1ccc(-c2ccccc2N(c2cccc(-c3ccc4c(c3)c(-c3ccccc3)c(-c3ccccc3)c3ccccc34)c2)c2cccc3oc4c5ccccc5ccc4c23)cc1. The van der Waals surface area contributed by atoms with E-state index in [0.717, 1.165) is 72.0 Å². The van der Waals surface area contributed by atoms with Crippen molar-refractivity contribution in [2.24, 2.45) is 0 Å². The first-order valence-electron chi connectivity index (χ1n) is 21.3. The lowest BCUT2D eigenvalue weighted by Crippen LogP contribution is -2.11. The lowest BCUT2D eigenvalue weighted by Gasteiger charge is -2.29. The molecule has 0 aliphatic heterocycles. The third kappa shape index (κ3) is 5.88. The van der Waals surface area contributed by atoms with Crippen LogP contribution in [0.4, 0.5) is 17.1 Å². The summed E-state index contributed by atoms with van der Waals surface area (Å²) in [5, 5.41) is 9.42. The molecule has 0 spiro atoms. The van der Waals surface area contributed by atoms with E-state index in [9.17, 15) is 0 Å². The van der Waals surface area contributed by atoms with E-state index in [2.05, 4.69) is 241 Å². The van der Waals surface area contributed by atoms with E-state index >= 15 is 0 Å². The van der Waals surface area contributed by atoms with E-state index in [1.54, 1.807) is 0 Å². The number of furan rings is 1. The fourth-order valence-electron chi connectivity index (χ4n) is 9.66. The van der Waals surface area contributed by atoms with Gasteiger partial charge in [-0.2, -0.15) is 0 Å². The molecule has 12 rings (SSSR count). The lowest BCUT2D eigenvalue weighted by molar-refractivity contribution is 0.672. The molecule has 0 saturated carbocycles. The van der Waals surface area contributed by atoms with Gasteiger partial charge < -0.3 is 9.32 Å². The van der Waals surface area contributed by atoms with Gasteiger partial charge in [0.1, 0.15) is 11.2 Å². The van der Waals surface area contributed by atoms with E-state index < -0.39 is 0 Å². The Morgan fingerprint density at radius 1 is 0.306 bits per heavy atom. The van der Waals surface area contributed by atoms with Crippen LogP contribution >= 0.6 is 0 Å². The maximum atomic E-state index is 6.77. The molecular formula is C60H39NO. The van der Waals surface area contributed by atoms with Crippen LogP contribution in [0.25, 0.3) is 98.8 Å². The number of benzene rings is 11. The van der Waals surface area contributed by atoms with Crippen LogP contribution in [0.15, 0.2) is 241 Å². The molecule has 0 amide bonds. The van der Waals surface area contributed by atoms with Gasteiger partial charge in [-0.05, 0) is 108 Å². The van der Waals surface area contributed by atoms with Crippen LogP contribution in [0.3, 0.4) is 0 Å². The molecule has 1 heterocycles. The largest absolute Gasteiger partial charge is 0.455 e. The van der Waals surface area contributed by atoms with Crippen molar-refractivity contribution in [2.45, 2.75) is 0 Å². The van der Waals surface area contributed by atoms with Gasteiger partial charge in [0.25, 0.3) is 0 Å². The molecule has 2 heteroatoms. The van der Waals surface area contributed by atoms with Gasteiger partial charge in [-0.15, -0.1) is 0 Å². The van der Waals surface area contributed by atoms with Gasteiger partial charge in [0.2, 0.25) is 0 Å². The lowest BCUT2D eigenvalue weighted by atomic mass is 9.84. The first kappa shape index (κ1) is 35.7. The summed E-state index contributed by atoms with van der Waals surface area (Å²) in [6, 6.07) is 85.4. The third-order valence-corrected chi connectivity index (χ3v) is 12.4. The summed E-state index contributed by atoms with van der Waals surface area (Å²) in [4.78, 5) is 2.43. The minimum absolute atomic E-state index is 0.858. The fraction of sp³-hybridized carbons (Fsp3) is 0. The Hall–Kier alpha value is -8.20. The molecule has 1 aromatic heterocycles. The summed E-state index contributed by atoms with van der Waals surface area (Å²) in [6.07, 6.45) is 0. The zero-order valence-electron chi connectivity index (χ0n) is 33.9. The summed E-state index contributed by atoms with van der Waals surface area (Å²) in [5.41, 5.74) is 14.5. The van der Waals surface area contributed by atoms with Gasteiger partial charge >= 0.3 is 0 Å². The van der Waals surface area contributed by atoms with Gasteiger partial charge in [0.15, 0.2) is 0 Å². The monoisotopic (exact) mass is 789 g/mol. The van der Waals surface area contributed by atoms with E-state index in [1.165, 1.54) is 43.8 Å². The second kappa shape index (κ2) is 14.8. The molecule has 0 unspecified atom stereocenters. The van der Waals surface area contributed by atoms with Crippen LogP contribution in [0, 0.1) is 0 Å². The topological polar surface area (TPSA) is 16.4 Å². The van der Waals surface area contributed by atoms with E-state index in [-0.39, 0.29) is 0 Å². The third-order valence-electron chi connectivity index (χ3n) is 12.4. The Labute approximate surface area is 360 Å². The molecule has 0 fully saturated rings. The second-order valence-corrected chi connectivity index (χ2v) is 16.0. The molecule has 0 saturated heterocycles. The smallest absolute Gasteiger partial charge is 0.143 e. The molecule has 2 nitrogen and oxygen atoms in total. The zero-order chi connectivity index (χ0) is 41.0. The van der Waals surface area contributed by atoms with Crippen molar-refractivity contribution in [2.75, 3.05) is 4.90 Å². The Morgan fingerprint density at radius 2 is 0.855 bits per heavy atom. The van der Waals surface area contributed by atoms with Gasteiger partial charge in [0.05, 0.1) is 16.8 Å². The quantitative estimate of drug-likeness (QED) is 0.150. The van der Waals surface area contributed by atoms with Crippen LogP contribution in [-0.4, -0.2) is 0 Å². The van der Waals surface area contributed by atoms with Crippen molar-refractivity contribution in [3.05, 3.63) is 237 Å². The number of fused-ring (bicyclic) bond motifs is 8. The number of hydrogen-bond acceptors (Lipinski definition) is 2. The summed E-state index contributed by atoms with van der Waals surface area (Å²) >= 11 is 0. The number of para-hydroxylation sites is 1. The van der Waals surface area contributed by atoms with Crippen LogP contribution in [0.5, 0.6) is 0 Å². The van der Waals surface area contributed by atoms with Crippen molar-refractivity contribution in [3.63, 3.8) is 0 Å². The normalized spacial score (nSPS) is 11.5. The van der Waals surface area contributed by atoms with E-state index in [1.807, 2.05) is 0 Å². The highest BCUT2D eigenvalue weighted by molar-refractivity contribution is 6.23. The Balaban J connectivity index is 1.11. The van der Waals surface area contributed by atoms with Gasteiger partial charge in [-0.25, -0.2) is 0 Å². The van der Waals surface area contributed by atoms with Crippen molar-refractivity contribution in [1.29, 1.82) is 0 Å². The maximum Gasteiger partial charge on any atom is 0.143 e. The van der Waals surface area contributed by atoms with E-state index in [4.69, 9.17) is 4.42 Å². The standard InChI is InChI=1S/C60H39NO/c1-4-18-40(19-5-1)47-27-14-15-31-54(47)61(55-32-17-33-56-59(55)52-37-34-41-20-10-11-28-48(41)60(52)62-56)46-26-16-25-44(38-46)45-35-36-50-49-29-12-13-30-51(49)57(42-21-6-2-7-22-42)58(53(50)39-45)43-23-8-3-9-24-43/h1-39H. The average Bonchev–Trinajstić information content (AvgIpc) is 3.75. The van der Waals surface area contributed by atoms with Gasteiger partial charge in [0, 0.05) is 22.0 Å². The first-order valence-corrected chi connectivity index (χ1v) is 21.3. The first-order chi connectivity index (χ1) is 30.8. The Bertz CT molecular complexity index is 3630. The minimum Gasteiger partial charge on any atom is -0.455 e. The van der Waals surface area contributed by atoms with Gasteiger partial charge in [-0.1, -0.05) is 194 Å². The number of anilines is 3. The van der Waals surface area contributed by atoms with Crippen molar-refractivity contribution in [1.82, 2.24) is 0 Å². The zero-order valence-corrected chi connectivity index (χ0v) is 33.9. The molecule has 0 bridgehead atoms. The maximum absolute atomic E-state index is 6.77. The van der Waals surface area contributed by atoms with Crippen LogP contribution in [0.1, 0.15) is 0 Å². The highest BCUT2D eigenvalue weighted by Crippen LogP contribution is 2.49. The second-order valence-electron chi connectivity index (χ2n) is 16.0. The summed E-state index contributed by atoms with van der Waals surface area (Å²) < 4.78 is 6.77. The Kier molecular flexibility index (Phi) is 8.53. The molecule has 11 aromatic carbocycles. The van der Waals surface area contributed by atoms with Crippen LogP contribution in [0.2, 0.25) is 0 Å². The molecule has 0 aliphatic carbocycles. The average molecular weight is 790 g/mol. The number of hydrogen-bond donors (Lipinski definition) is 0. The van der Waals surface area contributed by atoms with Crippen LogP contribution < -0.4 is 4.90 Å². The molecule has 0 radical (unpaired) electrons. The molecule has 12 aromatic rings. The highest BCUT2D eigenvalue weighted by Gasteiger charge is 2.24. The van der Waals surface area contributed by atoms with Gasteiger partial charge in [-0.3, -0.25) is 0 Å². The van der Waals surface area contributed by atoms with Crippen molar-refractivity contribution in [3.8, 4) is 44.5 Å². The molecule has 0 N–H and O–H groups in total. The minimum atomic E-state index is 0.858. The molecular weight excluding hydrogens is 751 g/mol.